The molecule has 0 saturated heterocycles. The first-order valence-electron chi connectivity index (χ1n) is 12.7. The van der Waals surface area contributed by atoms with Crippen LogP contribution in [0.3, 0.4) is 0 Å². The van der Waals surface area contributed by atoms with Crippen LogP contribution in [0.15, 0.2) is 95.9 Å². The van der Waals surface area contributed by atoms with Gasteiger partial charge in [0.2, 0.25) is 26.0 Å². The quantitative estimate of drug-likeness (QED) is 0.293. The van der Waals surface area contributed by atoms with Gasteiger partial charge in [0.15, 0.2) is 0 Å². The van der Waals surface area contributed by atoms with Crippen LogP contribution >= 0.6 is 0 Å². The fourth-order valence-electron chi connectivity index (χ4n) is 4.91. The van der Waals surface area contributed by atoms with Gasteiger partial charge in [-0.3, -0.25) is 9.10 Å². The SMILES string of the molecule is CN1c2cc(CN)ccc2C(NC(=O)CC(NS(=O)(=O)c2ccc3ccccc3c2)c2ccccc2)CS1(=O)=O. The summed E-state index contributed by atoms with van der Waals surface area (Å²) >= 11 is 0. The van der Waals surface area contributed by atoms with Gasteiger partial charge >= 0.3 is 0 Å². The van der Waals surface area contributed by atoms with Crippen LogP contribution in [0, 0.1) is 0 Å². The average Bonchev–Trinajstić information content (AvgIpc) is 2.95. The summed E-state index contributed by atoms with van der Waals surface area (Å²) < 4.78 is 56.5. The third-order valence-electron chi connectivity index (χ3n) is 7.10. The molecule has 2 atom stereocenters. The zero-order valence-electron chi connectivity index (χ0n) is 21.8. The second-order valence-electron chi connectivity index (χ2n) is 9.76. The predicted octanol–water partition coefficient (Wildman–Crippen LogP) is 3.35. The zero-order chi connectivity index (χ0) is 28.5. The van der Waals surface area contributed by atoms with Crippen LogP contribution < -0.4 is 20.1 Å². The minimum absolute atomic E-state index is 0.0820. The molecule has 0 radical (unpaired) electrons. The van der Waals surface area contributed by atoms with Crippen molar-refractivity contribution in [3.8, 4) is 0 Å². The van der Waals surface area contributed by atoms with E-state index in [0.29, 0.717) is 16.8 Å². The van der Waals surface area contributed by atoms with Crippen LogP contribution in [0.5, 0.6) is 0 Å². The summed E-state index contributed by atoms with van der Waals surface area (Å²) in [6.07, 6.45) is -0.237. The number of anilines is 1. The highest BCUT2D eigenvalue weighted by Crippen LogP contribution is 2.35. The molecule has 208 valence electrons. The molecule has 0 spiro atoms. The van der Waals surface area contributed by atoms with Crippen LogP contribution in [0.25, 0.3) is 10.8 Å². The van der Waals surface area contributed by atoms with E-state index in [9.17, 15) is 21.6 Å². The number of hydrogen-bond acceptors (Lipinski definition) is 6. The number of carbonyl (C=O) groups is 1. The van der Waals surface area contributed by atoms with E-state index in [2.05, 4.69) is 10.0 Å². The third-order valence-corrected chi connectivity index (χ3v) is 10.4. The second-order valence-corrected chi connectivity index (χ2v) is 13.5. The number of amides is 1. The molecule has 9 nitrogen and oxygen atoms in total. The van der Waals surface area contributed by atoms with Crippen LogP contribution in [0.2, 0.25) is 0 Å². The number of nitrogens with zero attached hydrogens (tertiary/aromatic N) is 1. The van der Waals surface area contributed by atoms with E-state index >= 15 is 0 Å². The first-order chi connectivity index (χ1) is 19.1. The molecule has 1 amide bonds. The molecule has 4 aromatic carbocycles. The molecule has 1 heterocycles. The van der Waals surface area contributed by atoms with Gasteiger partial charge < -0.3 is 11.1 Å². The highest BCUT2D eigenvalue weighted by molar-refractivity contribution is 7.92. The van der Waals surface area contributed by atoms with Crippen LogP contribution in [-0.2, 0) is 31.4 Å². The monoisotopic (exact) mass is 578 g/mol. The molecule has 0 fully saturated rings. The Balaban J connectivity index is 1.41. The van der Waals surface area contributed by atoms with Gasteiger partial charge in [-0.25, -0.2) is 21.6 Å². The van der Waals surface area contributed by atoms with Gasteiger partial charge in [-0.15, -0.1) is 0 Å². The number of fused-ring (bicyclic) bond motifs is 2. The molecule has 0 aromatic heterocycles. The maximum atomic E-state index is 13.4. The smallest absolute Gasteiger partial charge is 0.241 e. The van der Waals surface area contributed by atoms with E-state index in [4.69, 9.17) is 5.73 Å². The van der Waals surface area contributed by atoms with E-state index in [1.54, 1.807) is 60.7 Å². The van der Waals surface area contributed by atoms with Crippen molar-refractivity contribution in [1.29, 1.82) is 0 Å². The molecule has 11 heteroatoms. The van der Waals surface area contributed by atoms with Crippen molar-refractivity contribution in [1.82, 2.24) is 10.0 Å². The third kappa shape index (κ3) is 5.73. The molecule has 5 rings (SSSR count). The van der Waals surface area contributed by atoms with Crippen molar-refractivity contribution in [3.05, 3.63) is 108 Å². The summed E-state index contributed by atoms with van der Waals surface area (Å²) in [5.74, 6) is -0.808. The van der Waals surface area contributed by atoms with E-state index in [-0.39, 0.29) is 23.6 Å². The minimum Gasteiger partial charge on any atom is -0.348 e. The second kappa shape index (κ2) is 11.0. The molecule has 0 saturated carbocycles. The van der Waals surface area contributed by atoms with Gasteiger partial charge in [0, 0.05) is 20.0 Å². The van der Waals surface area contributed by atoms with E-state index in [0.717, 1.165) is 16.3 Å². The van der Waals surface area contributed by atoms with Gasteiger partial charge in [-0.2, -0.15) is 0 Å². The summed E-state index contributed by atoms with van der Waals surface area (Å²) in [5, 5.41) is 4.51. The Hall–Kier alpha value is -3.77. The largest absolute Gasteiger partial charge is 0.348 e. The predicted molar refractivity (Wildman–Crippen MR) is 155 cm³/mol. The Labute approximate surface area is 234 Å². The minimum atomic E-state index is -4.00. The number of nitrogens with two attached hydrogens (primary N) is 1. The van der Waals surface area contributed by atoms with Crippen LogP contribution in [-0.4, -0.2) is 35.5 Å². The molecule has 2 unspecified atom stereocenters. The maximum Gasteiger partial charge on any atom is 0.241 e. The van der Waals surface area contributed by atoms with E-state index in [1.807, 2.05) is 24.3 Å². The maximum absolute atomic E-state index is 13.4. The number of nitrogens with one attached hydrogen (secondary N) is 2. The van der Waals surface area contributed by atoms with E-state index < -0.39 is 38.0 Å². The fourth-order valence-corrected chi connectivity index (χ4v) is 7.53. The van der Waals surface area contributed by atoms with Crippen molar-refractivity contribution in [2.45, 2.75) is 29.9 Å². The Kier molecular flexibility index (Phi) is 7.65. The number of rotatable bonds is 8. The molecule has 4 aromatic rings. The summed E-state index contributed by atoms with van der Waals surface area (Å²) in [6, 6.07) is 24.7. The van der Waals surface area contributed by atoms with Crippen molar-refractivity contribution < 1.29 is 21.6 Å². The summed E-state index contributed by atoms with van der Waals surface area (Å²) in [7, 11) is -6.22. The number of hydrogen-bond donors (Lipinski definition) is 3. The Morgan fingerprint density at radius 3 is 2.40 bits per heavy atom. The van der Waals surface area contributed by atoms with Crippen molar-refractivity contribution in [2.75, 3.05) is 17.1 Å². The van der Waals surface area contributed by atoms with Gasteiger partial charge in [0.1, 0.15) is 0 Å². The van der Waals surface area contributed by atoms with Gasteiger partial charge in [-0.05, 0) is 45.7 Å². The number of sulfonamides is 2. The lowest BCUT2D eigenvalue weighted by Gasteiger charge is -2.33. The highest BCUT2D eigenvalue weighted by atomic mass is 32.2. The topological polar surface area (TPSA) is 139 Å². The molecule has 4 N–H and O–H groups in total. The first kappa shape index (κ1) is 27.8. The fraction of sp³-hybridized carbons (Fsp3) is 0.207. The Morgan fingerprint density at radius 1 is 0.975 bits per heavy atom. The highest BCUT2D eigenvalue weighted by Gasteiger charge is 2.35. The molecule has 1 aliphatic heterocycles. The molecular weight excluding hydrogens is 548 g/mol. The Morgan fingerprint density at radius 2 is 1.68 bits per heavy atom. The lowest BCUT2D eigenvalue weighted by atomic mass is 10.0. The first-order valence-corrected chi connectivity index (χ1v) is 15.8. The zero-order valence-corrected chi connectivity index (χ0v) is 23.5. The summed E-state index contributed by atoms with van der Waals surface area (Å²) in [6.45, 7) is 0.244. The summed E-state index contributed by atoms with van der Waals surface area (Å²) in [4.78, 5) is 13.4. The average molecular weight is 579 g/mol. The van der Waals surface area contributed by atoms with Gasteiger partial charge in [-0.1, -0.05) is 72.8 Å². The van der Waals surface area contributed by atoms with Crippen molar-refractivity contribution in [2.24, 2.45) is 5.73 Å². The van der Waals surface area contributed by atoms with E-state index in [1.165, 1.54) is 17.4 Å². The molecular formula is C29H30N4O5S2. The lowest BCUT2D eigenvalue weighted by molar-refractivity contribution is -0.122. The standard InChI is InChI=1S/C29H30N4O5S2/c1-33-28-15-20(18-30)11-14-25(28)27(19-39(33,35)36)31-29(34)17-26(22-8-3-2-4-9-22)32-40(37,38)24-13-12-21-7-5-6-10-23(21)16-24/h2-16,26-27,32H,17-19,30H2,1H3,(H,31,34). The van der Waals surface area contributed by atoms with Crippen LogP contribution in [0.4, 0.5) is 5.69 Å². The van der Waals surface area contributed by atoms with Crippen LogP contribution in [0.1, 0.15) is 35.2 Å². The lowest BCUT2D eigenvalue weighted by Crippen LogP contribution is -2.44. The molecule has 0 aliphatic carbocycles. The Bertz CT molecular complexity index is 1780. The molecule has 1 aliphatic rings. The van der Waals surface area contributed by atoms with Gasteiger partial charge in [0.25, 0.3) is 0 Å². The van der Waals surface area contributed by atoms with Gasteiger partial charge in [0.05, 0.1) is 28.4 Å². The number of carbonyl (C=O) groups excluding carboxylic acids is 1. The van der Waals surface area contributed by atoms with Crippen molar-refractivity contribution in [3.63, 3.8) is 0 Å². The number of benzene rings is 4. The molecule has 0 bridgehead atoms. The normalized spacial score (nSPS) is 17.2. The summed E-state index contributed by atoms with van der Waals surface area (Å²) in [5.41, 5.74) is 8.22. The van der Waals surface area contributed by atoms with Crippen molar-refractivity contribution >= 4 is 42.4 Å². The molecule has 40 heavy (non-hydrogen) atoms.